The van der Waals surface area contributed by atoms with Crippen LogP contribution < -0.4 is 0 Å². The normalized spacial score (nSPS) is 13.4. The smallest absolute Gasteiger partial charge is 0.338 e. The molecular formula is C20H19Cl2NO2. The largest absolute Gasteiger partial charge is 0.464 e. The van der Waals surface area contributed by atoms with E-state index in [0.29, 0.717) is 16.5 Å². The van der Waals surface area contributed by atoms with Gasteiger partial charge in [-0.3, -0.25) is 4.99 Å². The lowest BCUT2D eigenvalue weighted by molar-refractivity contribution is -0.147. The molecule has 2 aromatic rings. The van der Waals surface area contributed by atoms with Gasteiger partial charge in [0.05, 0.1) is 6.61 Å². The number of carbonyl (C=O) groups is 1. The van der Waals surface area contributed by atoms with E-state index in [2.05, 4.69) is 11.6 Å². The molecule has 0 saturated heterocycles. The van der Waals surface area contributed by atoms with E-state index < -0.39 is 11.5 Å². The van der Waals surface area contributed by atoms with Crippen LogP contribution in [0.2, 0.25) is 10.0 Å². The van der Waals surface area contributed by atoms with Crippen molar-refractivity contribution in [2.24, 2.45) is 4.99 Å². The maximum absolute atomic E-state index is 12.6. The highest BCUT2D eigenvalue weighted by atomic mass is 35.5. The van der Waals surface area contributed by atoms with E-state index in [1.807, 2.05) is 24.3 Å². The molecule has 2 aromatic carbocycles. The van der Waals surface area contributed by atoms with Crippen molar-refractivity contribution < 1.29 is 9.53 Å². The predicted molar refractivity (Wildman–Crippen MR) is 104 cm³/mol. The van der Waals surface area contributed by atoms with Crippen molar-refractivity contribution in [1.29, 1.82) is 0 Å². The lowest BCUT2D eigenvalue weighted by Gasteiger charge is -2.24. The Morgan fingerprint density at radius 3 is 2.20 bits per heavy atom. The van der Waals surface area contributed by atoms with Gasteiger partial charge in [0.1, 0.15) is 0 Å². The number of hydrogen-bond acceptors (Lipinski definition) is 3. The fourth-order valence-corrected chi connectivity index (χ4v) is 2.54. The number of halogens is 2. The fraction of sp³-hybridized carbons (Fsp3) is 0.200. The monoisotopic (exact) mass is 375 g/mol. The van der Waals surface area contributed by atoms with Crippen LogP contribution in [0.1, 0.15) is 18.1 Å². The lowest BCUT2D eigenvalue weighted by Crippen LogP contribution is -2.39. The second-order valence-corrected chi connectivity index (χ2v) is 6.33. The van der Waals surface area contributed by atoms with Crippen LogP contribution in [0.15, 0.2) is 66.2 Å². The molecule has 5 heteroatoms. The maximum atomic E-state index is 12.6. The highest BCUT2D eigenvalue weighted by Crippen LogP contribution is 2.23. The van der Waals surface area contributed by atoms with Gasteiger partial charge in [-0.2, -0.15) is 0 Å². The molecule has 0 unspecified atom stereocenters. The van der Waals surface area contributed by atoms with Crippen molar-refractivity contribution in [2.75, 3.05) is 6.61 Å². The Labute approximate surface area is 157 Å². The second kappa shape index (κ2) is 8.84. The molecule has 1 atom stereocenters. The first kappa shape index (κ1) is 19.2. The Bertz CT molecular complexity index is 754. The molecule has 0 amide bonds. The first-order valence-corrected chi connectivity index (χ1v) is 8.61. The van der Waals surface area contributed by atoms with Gasteiger partial charge in [-0.1, -0.05) is 53.5 Å². The maximum Gasteiger partial charge on any atom is 0.338 e. The van der Waals surface area contributed by atoms with Crippen LogP contribution in [0.5, 0.6) is 0 Å². The molecular weight excluding hydrogens is 357 g/mol. The number of aliphatic imine (C=N–C) groups is 1. The fourth-order valence-electron chi connectivity index (χ4n) is 2.29. The predicted octanol–water partition coefficient (Wildman–Crippen LogP) is 5.14. The van der Waals surface area contributed by atoms with Crippen LogP contribution in [-0.2, 0) is 16.0 Å². The molecule has 0 aliphatic rings. The summed E-state index contributed by atoms with van der Waals surface area (Å²) >= 11 is 11.8. The van der Waals surface area contributed by atoms with E-state index >= 15 is 0 Å². The molecule has 0 aliphatic heterocycles. The van der Waals surface area contributed by atoms with E-state index in [9.17, 15) is 4.79 Å². The SMILES string of the molecule is C=C[C@@](Cc1ccc(Cl)cc1)(N=Cc1ccc(Cl)cc1)C(=O)OCC. The third-order valence-electron chi connectivity index (χ3n) is 3.67. The van der Waals surface area contributed by atoms with Crippen LogP contribution in [0.25, 0.3) is 0 Å². The zero-order valence-corrected chi connectivity index (χ0v) is 15.4. The van der Waals surface area contributed by atoms with Crippen LogP contribution in [0, 0.1) is 0 Å². The van der Waals surface area contributed by atoms with Crippen LogP contribution in [-0.4, -0.2) is 24.3 Å². The molecule has 25 heavy (non-hydrogen) atoms. The molecule has 0 N–H and O–H groups in total. The van der Waals surface area contributed by atoms with Gasteiger partial charge in [0, 0.05) is 22.7 Å². The summed E-state index contributed by atoms with van der Waals surface area (Å²) in [6, 6.07) is 14.5. The number of benzene rings is 2. The summed E-state index contributed by atoms with van der Waals surface area (Å²) < 4.78 is 5.23. The molecule has 2 rings (SSSR count). The molecule has 0 fully saturated rings. The van der Waals surface area contributed by atoms with Crippen molar-refractivity contribution >= 4 is 35.4 Å². The standard InChI is InChI=1S/C20H19Cl2NO2/c1-3-20(19(24)25-4-2,13-15-5-9-17(21)10-6-15)23-14-16-7-11-18(22)12-8-16/h3,5-12,14H,1,4,13H2,2H3/t20-/m0/s1. The van der Waals surface area contributed by atoms with Crippen molar-refractivity contribution in [3.8, 4) is 0 Å². The second-order valence-electron chi connectivity index (χ2n) is 5.46. The number of ether oxygens (including phenoxy) is 1. The first-order valence-electron chi connectivity index (χ1n) is 7.85. The Morgan fingerprint density at radius 2 is 1.68 bits per heavy atom. The molecule has 0 aromatic heterocycles. The van der Waals surface area contributed by atoms with Crippen LogP contribution in [0.4, 0.5) is 0 Å². The van der Waals surface area contributed by atoms with E-state index in [1.54, 1.807) is 37.4 Å². The van der Waals surface area contributed by atoms with E-state index in [-0.39, 0.29) is 6.61 Å². The lowest BCUT2D eigenvalue weighted by atomic mass is 9.91. The summed E-state index contributed by atoms with van der Waals surface area (Å²) in [5.41, 5.74) is 0.533. The van der Waals surface area contributed by atoms with Gasteiger partial charge in [-0.25, -0.2) is 4.79 Å². The Morgan fingerprint density at radius 1 is 1.12 bits per heavy atom. The molecule has 0 saturated carbocycles. The van der Waals surface area contributed by atoms with E-state index in [4.69, 9.17) is 27.9 Å². The number of rotatable bonds is 7. The average molecular weight is 376 g/mol. The van der Waals surface area contributed by atoms with E-state index in [0.717, 1.165) is 11.1 Å². The van der Waals surface area contributed by atoms with Crippen LogP contribution >= 0.6 is 23.2 Å². The minimum absolute atomic E-state index is 0.269. The van der Waals surface area contributed by atoms with E-state index in [1.165, 1.54) is 6.08 Å². The van der Waals surface area contributed by atoms with Crippen molar-refractivity contribution in [2.45, 2.75) is 18.9 Å². The quantitative estimate of drug-likeness (QED) is 0.381. The van der Waals surface area contributed by atoms with Gasteiger partial charge in [0.15, 0.2) is 5.54 Å². The highest BCUT2D eigenvalue weighted by molar-refractivity contribution is 6.30. The summed E-state index contributed by atoms with van der Waals surface area (Å²) in [5.74, 6) is -0.440. The minimum atomic E-state index is -1.20. The van der Waals surface area contributed by atoms with Crippen molar-refractivity contribution in [3.05, 3.63) is 82.4 Å². The minimum Gasteiger partial charge on any atom is -0.464 e. The van der Waals surface area contributed by atoms with Gasteiger partial charge >= 0.3 is 5.97 Å². The molecule has 0 heterocycles. The molecule has 3 nitrogen and oxygen atoms in total. The molecule has 0 spiro atoms. The van der Waals surface area contributed by atoms with Crippen LogP contribution in [0.3, 0.4) is 0 Å². The molecule has 0 bridgehead atoms. The summed E-state index contributed by atoms with van der Waals surface area (Å²) in [5, 5.41) is 1.27. The van der Waals surface area contributed by atoms with Gasteiger partial charge in [-0.05, 0) is 42.3 Å². The first-order chi connectivity index (χ1) is 12.0. The summed E-state index contributed by atoms with van der Waals surface area (Å²) in [6.45, 7) is 5.85. The number of hydrogen-bond donors (Lipinski definition) is 0. The topological polar surface area (TPSA) is 38.7 Å². The van der Waals surface area contributed by atoms with Crippen molar-refractivity contribution in [3.63, 3.8) is 0 Å². The van der Waals surface area contributed by atoms with Gasteiger partial charge in [-0.15, -0.1) is 6.58 Å². The summed E-state index contributed by atoms with van der Waals surface area (Å²) in [7, 11) is 0. The number of esters is 1. The Kier molecular flexibility index (Phi) is 6.80. The number of nitrogens with zero attached hydrogens (tertiary/aromatic N) is 1. The Hall–Kier alpha value is -2.10. The molecule has 0 radical (unpaired) electrons. The summed E-state index contributed by atoms with van der Waals surface area (Å²) in [4.78, 5) is 17.1. The number of carbonyl (C=O) groups excluding carboxylic acids is 1. The zero-order valence-electron chi connectivity index (χ0n) is 13.9. The highest BCUT2D eigenvalue weighted by Gasteiger charge is 2.36. The Balaban J connectivity index is 2.36. The third kappa shape index (κ3) is 5.18. The van der Waals surface area contributed by atoms with Gasteiger partial charge in [0.25, 0.3) is 0 Å². The third-order valence-corrected chi connectivity index (χ3v) is 4.17. The van der Waals surface area contributed by atoms with Gasteiger partial charge < -0.3 is 4.74 Å². The van der Waals surface area contributed by atoms with Crippen molar-refractivity contribution in [1.82, 2.24) is 0 Å². The molecule has 130 valence electrons. The average Bonchev–Trinajstić information content (AvgIpc) is 2.62. The van der Waals surface area contributed by atoms with Gasteiger partial charge in [0.2, 0.25) is 0 Å². The zero-order chi connectivity index (χ0) is 18.3. The summed E-state index contributed by atoms with van der Waals surface area (Å²) in [6.07, 6.45) is 3.48. The molecule has 0 aliphatic carbocycles.